The first-order valence-corrected chi connectivity index (χ1v) is 9.58. The van der Waals surface area contributed by atoms with Crippen LogP contribution in [0.3, 0.4) is 0 Å². The number of nitrogens with zero attached hydrogens (tertiary/aromatic N) is 2. The minimum atomic E-state index is -0.273. The Labute approximate surface area is 165 Å². The SMILES string of the molecule is C=CCc1cnc2cc(-c3ccc(C=CCCCC(C)O)cc3F)ccc2n1. The lowest BCUT2D eigenvalue weighted by Crippen LogP contribution is -1.97. The van der Waals surface area contributed by atoms with Crippen molar-refractivity contribution in [2.24, 2.45) is 0 Å². The standard InChI is InChI=1S/C24H25FN2O/c1-3-7-20-16-26-24-15-19(11-13-23(24)27-20)21-12-10-18(14-22(21)25)9-6-4-5-8-17(2)28/h3,6,9-17,28H,1,4-5,7-8H2,2H3. The Hall–Kier alpha value is -2.85. The van der Waals surface area contributed by atoms with E-state index in [0.717, 1.165) is 47.1 Å². The summed E-state index contributed by atoms with van der Waals surface area (Å²) in [6.45, 7) is 5.50. The highest BCUT2D eigenvalue weighted by atomic mass is 19.1. The summed E-state index contributed by atoms with van der Waals surface area (Å²) in [5.41, 5.74) is 4.55. The third-order valence-electron chi connectivity index (χ3n) is 4.55. The summed E-state index contributed by atoms with van der Waals surface area (Å²) < 4.78 is 14.7. The van der Waals surface area contributed by atoms with Gasteiger partial charge in [0.15, 0.2) is 0 Å². The molecule has 0 aliphatic heterocycles. The average molecular weight is 376 g/mol. The van der Waals surface area contributed by atoms with Crippen molar-refractivity contribution in [3.05, 3.63) is 78.4 Å². The summed E-state index contributed by atoms with van der Waals surface area (Å²) in [5, 5.41) is 9.26. The molecule has 1 unspecified atom stereocenters. The number of hydrogen-bond donors (Lipinski definition) is 1. The van der Waals surface area contributed by atoms with Gasteiger partial charge in [-0.3, -0.25) is 4.98 Å². The predicted octanol–water partition coefficient (Wildman–Crippen LogP) is 5.73. The summed E-state index contributed by atoms with van der Waals surface area (Å²) >= 11 is 0. The first-order valence-electron chi connectivity index (χ1n) is 9.58. The second kappa shape index (κ2) is 9.38. The van der Waals surface area contributed by atoms with Crippen LogP contribution in [0.1, 0.15) is 37.4 Å². The lowest BCUT2D eigenvalue weighted by atomic mass is 10.0. The van der Waals surface area contributed by atoms with Gasteiger partial charge in [-0.15, -0.1) is 6.58 Å². The van der Waals surface area contributed by atoms with Gasteiger partial charge in [0.05, 0.1) is 22.8 Å². The van der Waals surface area contributed by atoms with Gasteiger partial charge in [0.25, 0.3) is 0 Å². The molecular formula is C24H25FN2O. The summed E-state index contributed by atoms with van der Waals surface area (Å²) in [6, 6.07) is 10.9. The highest BCUT2D eigenvalue weighted by Gasteiger charge is 2.08. The van der Waals surface area contributed by atoms with Crippen molar-refractivity contribution in [1.82, 2.24) is 9.97 Å². The number of fused-ring (bicyclic) bond motifs is 1. The van der Waals surface area contributed by atoms with Crippen molar-refractivity contribution in [3.8, 4) is 11.1 Å². The van der Waals surface area contributed by atoms with Gasteiger partial charge in [-0.05, 0) is 55.5 Å². The quantitative estimate of drug-likeness (QED) is 0.403. The number of unbranched alkanes of at least 4 members (excludes halogenated alkanes) is 1. The largest absolute Gasteiger partial charge is 0.393 e. The normalized spacial score (nSPS) is 12.5. The van der Waals surface area contributed by atoms with E-state index in [2.05, 4.69) is 16.5 Å². The molecule has 28 heavy (non-hydrogen) atoms. The summed E-state index contributed by atoms with van der Waals surface area (Å²) in [4.78, 5) is 8.99. The molecule has 0 saturated heterocycles. The Kier molecular flexibility index (Phi) is 6.66. The van der Waals surface area contributed by atoms with Gasteiger partial charge in [0.1, 0.15) is 5.82 Å². The van der Waals surface area contributed by atoms with E-state index in [9.17, 15) is 9.50 Å². The van der Waals surface area contributed by atoms with Crippen molar-refractivity contribution in [2.45, 2.75) is 38.7 Å². The van der Waals surface area contributed by atoms with Crippen molar-refractivity contribution in [1.29, 1.82) is 0 Å². The first-order chi connectivity index (χ1) is 13.6. The zero-order valence-corrected chi connectivity index (χ0v) is 16.1. The van der Waals surface area contributed by atoms with E-state index in [-0.39, 0.29) is 11.9 Å². The van der Waals surface area contributed by atoms with Gasteiger partial charge in [-0.25, -0.2) is 9.37 Å². The van der Waals surface area contributed by atoms with Gasteiger partial charge < -0.3 is 5.11 Å². The predicted molar refractivity (Wildman–Crippen MR) is 113 cm³/mol. The van der Waals surface area contributed by atoms with E-state index in [4.69, 9.17) is 0 Å². The first kappa shape index (κ1) is 19.9. The fourth-order valence-electron chi connectivity index (χ4n) is 3.08. The number of hydrogen-bond acceptors (Lipinski definition) is 3. The average Bonchev–Trinajstić information content (AvgIpc) is 2.67. The number of aliphatic hydroxyl groups excluding tert-OH is 1. The molecule has 144 valence electrons. The van der Waals surface area contributed by atoms with E-state index >= 15 is 0 Å². The Bertz CT molecular complexity index is 995. The molecule has 1 N–H and O–H groups in total. The third kappa shape index (κ3) is 5.11. The van der Waals surface area contributed by atoms with Crippen LogP contribution in [0, 0.1) is 5.82 Å². The van der Waals surface area contributed by atoms with Crippen molar-refractivity contribution >= 4 is 17.1 Å². The summed E-state index contributed by atoms with van der Waals surface area (Å²) in [5.74, 6) is -0.262. The second-order valence-electron chi connectivity index (χ2n) is 6.98. The van der Waals surface area contributed by atoms with Crippen molar-refractivity contribution < 1.29 is 9.50 Å². The Morgan fingerprint density at radius 2 is 2.04 bits per heavy atom. The van der Waals surface area contributed by atoms with E-state index < -0.39 is 0 Å². The number of halogens is 1. The molecule has 3 nitrogen and oxygen atoms in total. The number of rotatable bonds is 8. The zero-order chi connectivity index (χ0) is 19.9. The Balaban J connectivity index is 1.77. The van der Waals surface area contributed by atoms with Crippen molar-refractivity contribution in [3.63, 3.8) is 0 Å². The van der Waals surface area contributed by atoms with E-state index in [1.165, 1.54) is 0 Å². The minimum Gasteiger partial charge on any atom is -0.393 e. The van der Waals surface area contributed by atoms with Gasteiger partial charge >= 0.3 is 0 Å². The van der Waals surface area contributed by atoms with Crippen molar-refractivity contribution in [2.75, 3.05) is 0 Å². The monoisotopic (exact) mass is 376 g/mol. The van der Waals surface area contributed by atoms with Crippen LogP contribution >= 0.6 is 0 Å². The van der Waals surface area contributed by atoms with Gasteiger partial charge in [-0.2, -0.15) is 0 Å². The molecule has 0 aliphatic rings. The van der Waals surface area contributed by atoms with Crippen LogP contribution in [0.15, 0.2) is 61.3 Å². The molecule has 2 aromatic carbocycles. The van der Waals surface area contributed by atoms with E-state index in [1.54, 1.807) is 31.3 Å². The van der Waals surface area contributed by atoms with Gasteiger partial charge in [0, 0.05) is 18.2 Å². The lowest BCUT2D eigenvalue weighted by molar-refractivity contribution is 0.182. The van der Waals surface area contributed by atoms with Crippen LogP contribution in [0.5, 0.6) is 0 Å². The minimum absolute atomic E-state index is 0.262. The van der Waals surface area contributed by atoms with Gasteiger partial charge in [-0.1, -0.05) is 36.4 Å². The van der Waals surface area contributed by atoms with Crippen LogP contribution < -0.4 is 0 Å². The lowest BCUT2D eigenvalue weighted by Gasteiger charge is -2.07. The molecule has 0 saturated carbocycles. The molecule has 4 heteroatoms. The topological polar surface area (TPSA) is 46.0 Å². The third-order valence-corrected chi connectivity index (χ3v) is 4.55. The van der Waals surface area contributed by atoms with Crippen LogP contribution in [0.4, 0.5) is 4.39 Å². The van der Waals surface area contributed by atoms with Crippen LogP contribution in [-0.2, 0) is 6.42 Å². The van der Waals surface area contributed by atoms with E-state index in [0.29, 0.717) is 12.0 Å². The molecule has 3 rings (SSSR count). The molecule has 1 atom stereocenters. The maximum atomic E-state index is 14.7. The Morgan fingerprint density at radius 3 is 2.79 bits per heavy atom. The molecular weight excluding hydrogens is 351 g/mol. The maximum absolute atomic E-state index is 14.7. The fourth-order valence-corrected chi connectivity index (χ4v) is 3.08. The number of benzene rings is 2. The smallest absolute Gasteiger partial charge is 0.131 e. The molecule has 0 spiro atoms. The molecule has 0 aliphatic carbocycles. The number of allylic oxidation sites excluding steroid dienone is 2. The van der Waals surface area contributed by atoms with Crippen LogP contribution in [0.2, 0.25) is 0 Å². The highest BCUT2D eigenvalue weighted by Crippen LogP contribution is 2.26. The van der Waals surface area contributed by atoms with E-state index in [1.807, 2.05) is 36.4 Å². The number of aromatic nitrogens is 2. The van der Waals surface area contributed by atoms with Crippen LogP contribution in [0.25, 0.3) is 28.2 Å². The molecule has 3 aromatic rings. The molecule has 0 fully saturated rings. The van der Waals surface area contributed by atoms with Gasteiger partial charge in [0.2, 0.25) is 0 Å². The highest BCUT2D eigenvalue weighted by molar-refractivity contribution is 5.81. The molecule has 0 amide bonds. The Morgan fingerprint density at radius 1 is 1.18 bits per heavy atom. The summed E-state index contributed by atoms with van der Waals surface area (Å²) in [6.07, 6.45) is 10.4. The molecule has 1 aromatic heterocycles. The van der Waals surface area contributed by atoms with Crippen LogP contribution in [-0.4, -0.2) is 21.2 Å². The zero-order valence-electron chi connectivity index (χ0n) is 16.1. The summed E-state index contributed by atoms with van der Waals surface area (Å²) in [7, 11) is 0. The fraction of sp³-hybridized carbons (Fsp3) is 0.250. The molecule has 0 radical (unpaired) electrons. The molecule has 0 bridgehead atoms. The number of aliphatic hydroxyl groups is 1. The second-order valence-corrected chi connectivity index (χ2v) is 6.98. The maximum Gasteiger partial charge on any atom is 0.131 e. The molecule has 1 heterocycles.